The number of carbonyl (C=O) groups excluding carboxylic acids is 1. The van der Waals surface area contributed by atoms with Crippen LogP contribution in [0.5, 0.6) is 0 Å². The molecule has 0 fully saturated rings. The van der Waals surface area contributed by atoms with Crippen LogP contribution in [0.4, 0.5) is 11.5 Å². The van der Waals surface area contributed by atoms with E-state index in [1.165, 1.54) is 0 Å². The van der Waals surface area contributed by atoms with Crippen molar-refractivity contribution in [3.05, 3.63) is 47.9 Å². The lowest BCUT2D eigenvalue weighted by Gasteiger charge is -2.09. The van der Waals surface area contributed by atoms with E-state index in [1.54, 1.807) is 30.7 Å². The third-order valence-corrected chi connectivity index (χ3v) is 2.53. The molecule has 2 aromatic rings. The van der Waals surface area contributed by atoms with Gasteiger partial charge in [0.1, 0.15) is 5.82 Å². The van der Waals surface area contributed by atoms with Gasteiger partial charge in [-0.3, -0.25) is 9.78 Å². The molecule has 0 atom stereocenters. The van der Waals surface area contributed by atoms with Gasteiger partial charge in [-0.25, -0.2) is 4.98 Å². The number of rotatable bonds is 4. The number of amides is 1. The molecule has 0 aliphatic rings. The zero-order chi connectivity index (χ0) is 13.7. The summed E-state index contributed by atoms with van der Waals surface area (Å²) in [5.74, 6) is 0.388. The van der Waals surface area contributed by atoms with Crippen LogP contribution in [0.1, 0.15) is 22.8 Å². The van der Waals surface area contributed by atoms with Crippen molar-refractivity contribution < 1.29 is 4.79 Å². The van der Waals surface area contributed by atoms with E-state index in [1.807, 2.05) is 19.9 Å². The van der Waals surface area contributed by atoms with E-state index in [-0.39, 0.29) is 5.91 Å². The van der Waals surface area contributed by atoms with Crippen molar-refractivity contribution in [3.63, 3.8) is 0 Å². The van der Waals surface area contributed by atoms with Crippen LogP contribution in [-0.2, 0) is 0 Å². The summed E-state index contributed by atoms with van der Waals surface area (Å²) in [4.78, 5) is 20.4. The molecule has 2 N–H and O–H groups in total. The Morgan fingerprint density at radius 2 is 2.21 bits per heavy atom. The Morgan fingerprint density at radius 1 is 1.37 bits per heavy atom. The van der Waals surface area contributed by atoms with E-state index in [2.05, 4.69) is 20.6 Å². The SMILES string of the molecule is CCNc1ncccc1C(=O)Nc1cncc(C)c1. The summed E-state index contributed by atoms with van der Waals surface area (Å²) in [5, 5.41) is 5.88. The average Bonchev–Trinajstić information content (AvgIpc) is 2.39. The summed E-state index contributed by atoms with van der Waals surface area (Å²) in [6, 6.07) is 5.35. The molecule has 5 heteroatoms. The van der Waals surface area contributed by atoms with Crippen LogP contribution in [0.2, 0.25) is 0 Å². The summed E-state index contributed by atoms with van der Waals surface area (Å²) in [6.45, 7) is 4.60. The second kappa shape index (κ2) is 5.95. The molecule has 19 heavy (non-hydrogen) atoms. The Morgan fingerprint density at radius 3 is 2.95 bits per heavy atom. The highest BCUT2D eigenvalue weighted by atomic mass is 16.1. The lowest BCUT2D eigenvalue weighted by atomic mass is 10.2. The number of hydrogen-bond donors (Lipinski definition) is 2. The fourth-order valence-corrected chi connectivity index (χ4v) is 1.72. The molecule has 0 aliphatic carbocycles. The van der Waals surface area contributed by atoms with Gasteiger partial charge in [0.15, 0.2) is 0 Å². The topological polar surface area (TPSA) is 66.9 Å². The number of carbonyl (C=O) groups is 1. The summed E-state index contributed by atoms with van der Waals surface area (Å²) >= 11 is 0. The van der Waals surface area contributed by atoms with Gasteiger partial charge in [-0.15, -0.1) is 0 Å². The maximum atomic E-state index is 12.2. The molecule has 98 valence electrons. The zero-order valence-corrected chi connectivity index (χ0v) is 11.0. The van der Waals surface area contributed by atoms with Gasteiger partial charge < -0.3 is 10.6 Å². The van der Waals surface area contributed by atoms with E-state index >= 15 is 0 Å². The van der Waals surface area contributed by atoms with Gasteiger partial charge in [-0.2, -0.15) is 0 Å². The van der Waals surface area contributed by atoms with Crippen LogP contribution in [-0.4, -0.2) is 22.4 Å². The van der Waals surface area contributed by atoms with E-state index < -0.39 is 0 Å². The number of nitrogens with zero attached hydrogens (tertiary/aromatic N) is 2. The van der Waals surface area contributed by atoms with Gasteiger partial charge in [0.2, 0.25) is 0 Å². The normalized spacial score (nSPS) is 10.0. The molecule has 0 unspecified atom stereocenters. The minimum absolute atomic E-state index is 0.198. The lowest BCUT2D eigenvalue weighted by Crippen LogP contribution is -2.15. The molecule has 0 saturated heterocycles. The van der Waals surface area contributed by atoms with Crippen molar-refractivity contribution in [3.8, 4) is 0 Å². The van der Waals surface area contributed by atoms with E-state index in [0.717, 1.165) is 5.56 Å². The first-order chi connectivity index (χ1) is 9.20. The molecule has 0 spiro atoms. The van der Waals surface area contributed by atoms with Crippen LogP contribution < -0.4 is 10.6 Å². The maximum Gasteiger partial charge on any atom is 0.259 e. The first-order valence-corrected chi connectivity index (χ1v) is 6.12. The summed E-state index contributed by atoms with van der Waals surface area (Å²) in [6.07, 6.45) is 5.01. The Kier molecular flexibility index (Phi) is 4.07. The van der Waals surface area contributed by atoms with Gasteiger partial charge >= 0.3 is 0 Å². The van der Waals surface area contributed by atoms with Crippen molar-refractivity contribution in [1.29, 1.82) is 0 Å². The fourth-order valence-electron chi connectivity index (χ4n) is 1.72. The number of aryl methyl sites for hydroxylation is 1. The first kappa shape index (κ1) is 13.0. The van der Waals surface area contributed by atoms with Crippen molar-refractivity contribution in [1.82, 2.24) is 9.97 Å². The second-order valence-corrected chi connectivity index (χ2v) is 4.13. The third kappa shape index (κ3) is 3.28. The Hall–Kier alpha value is -2.43. The summed E-state index contributed by atoms with van der Waals surface area (Å²) in [7, 11) is 0. The number of aromatic nitrogens is 2. The van der Waals surface area contributed by atoms with Crippen LogP contribution in [0.25, 0.3) is 0 Å². The molecule has 2 rings (SSSR count). The third-order valence-electron chi connectivity index (χ3n) is 2.53. The molecule has 0 radical (unpaired) electrons. The summed E-state index contributed by atoms with van der Waals surface area (Å²) < 4.78 is 0. The molecule has 0 saturated carbocycles. The predicted octanol–water partition coefficient (Wildman–Crippen LogP) is 2.47. The largest absolute Gasteiger partial charge is 0.370 e. The quantitative estimate of drug-likeness (QED) is 0.881. The highest BCUT2D eigenvalue weighted by Gasteiger charge is 2.11. The minimum Gasteiger partial charge on any atom is -0.370 e. The molecule has 0 bridgehead atoms. The Bertz CT molecular complexity index is 583. The van der Waals surface area contributed by atoms with Gasteiger partial charge in [-0.1, -0.05) is 0 Å². The molecule has 1 amide bonds. The van der Waals surface area contributed by atoms with E-state index in [4.69, 9.17) is 0 Å². The van der Waals surface area contributed by atoms with Gasteiger partial charge in [0, 0.05) is 18.9 Å². The Balaban J connectivity index is 2.20. The molecule has 0 aliphatic heterocycles. The molecular weight excluding hydrogens is 240 g/mol. The minimum atomic E-state index is -0.198. The second-order valence-electron chi connectivity index (χ2n) is 4.13. The number of anilines is 2. The molecular formula is C14H16N4O. The van der Waals surface area contributed by atoms with Gasteiger partial charge in [0.05, 0.1) is 17.4 Å². The molecule has 0 aromatic carbocycles. The highest BCUT2D eigenvalue weighted by molar-refractivity contribution is 6.07. The predicted molar refractivity (Wildman–Crippen MR) is 75.3 cm³/mol. The molecule has 5 nitrogen and oxygen atoms in total. The Labute approximate surface area is 112 Å². The number of nitrogens with one attached hydrogen (secondary N) is 2. The average molecular weight is 256 g/mol. The highest BCUT2D eigenvalue weighted by Crippen LogP contribution is 2.14. The fraction of sp³-hybridized carbons (Fsp3) is 0.214. The van der Waals surface area contributed by atoms with Crippen molar-refractivity contribution in [2.24, 2.45) is 0 Å². The number of hydrogen-bond acceptors (Lipinski definition) is 4. The van der Waals surface area contributed by atoms with E-state index in [9.17, 15) is 4.79 Å². The van der Waals surface area contributed by atoms with Gasteiger partial charge in [0.25, 0.3) is 5.91 Å². The number of pyridine rings is 2. The van der Waals surface area contributed by atoms with E-state index in [0.29, 0.717) is 23.6 Å². The summed E-state index contributed by atoms with van der Waals surface area (Å²) in [5.41, 5.74) is 2.19. The molecule has 2 heterocycles. The standard InChI is InChI=1S/C14H16N4O/c1-3-16-13-12(5-4-6-17-13)14(19)18-11-7-10(2)8-15-9-11/h4-9H,3H2,1-2H3,(H,16,17)(H,18,19). The van der Waals surface area contributed by atoms with Crippen molar-refractivity contribution in [2.75, 3.05) is 17.2 Å². The monoisotopic (exact) mass is 256 g/mol. The zero-order valence-electron chi connectivity index (χ0n) is 11.0. The van der Waals surface area contributed by atoms with Crippen LogP contribution in [0, 0.1) is 6.92 Å². The van der Waals surface area contributed by atoms with Crippen LogP contribution >= 0.6 is 0 Å². The van der Waals surface area contributed by atoms with Crippen LogP contribution in [0.15, 0.2) is 36.8 Å². The first-order valence-electron chi connectivity index (χ1n) is 6.12. The maximum absolute atomic E-state index is 12.2. The van der Waals surface area contributed by atoms with Crippen molar-refractivity contribution >= 4 is 17.4 Å². The van der Waals surface area contributed by atoms with Crippen molar-refractivity contribution in [2.45, 2.75) is 13.8 Å². The lowest BCUT2D eigenvalue weighted by molar-refractivity contribution is 0.102. The van der Waals surface area contributed by atoms with Crippen LogP contribution in [0.3, 0.4) is 0 Å². The van der Waals surface area contributed by atoms with Gasteiger partial charge in [-0.05, 0) is 37.6 Å². The smallest absolute Gasteiger partial charge is 0.259 e. The molecule has 2 aromatic heterocycles.